The van der Waals surface area contributed by atoms with E-state index in [0.29, 0.717) is 0 Å². The van der Waals surface area contributed by atoms with E-state index in [0.717, 1.165) is 37.6 Å². The Balaban J connectivity index is 1.25. The van der Waals surface area contributed by atoms with Crippen molar-refractivity contribution in [2.24, 2.45) is 0 Å². The molecule has 2 aromatic carbocycles. The Morgan fingerprint density at radius 2 is 0.950 bits per heavy atom. The van der Waals surface area contributed by atoms with E-state index < -0.39 is 0 Å². The van der Waals surface area contributed by atoms with Crippen LogP contribution in [-0.4, -0.2) is 55.9 Å². The largest absolute Gasteiger partial charge is 0.358 e. The summed E-state index contributed by atoms with van der Waals surface area (Å²) in [7, 11) is 0. The highest BCUT2D eigenvalue weighted by Crippen LogP contribution is 2.39. The zero-order valence-corrected chi connectivity index (χ0v) is 23.0. The lowest BCUT2D eigenvalue weighted by atomic mass is 9.95. The number of rotatable bonds is 6. The number of hydrogen-bond acceptors (Lipinski definition) is 4. The topological polar surface area (TPSA) is 63.8 Å². The lowest BCUT2D eigenvalue weighted by Crippen LogP contribution is -2.49. The van der Waals surface area contributed by atoms with Gasteiger partial charge in [0.15, 0.2) is 0 Å². The summed E-state index contributed by atoms with van der Waals surface area (Å²) in [6, 6.07) is 30.0. The first-order valence-corrected chi connectivity index (χ1v) is 14.1. The molecule has 2 N–H and O–H groups in total. The van der Waals surface area contributed by atoms with Crippen molar-refractivity contribution in [2.45, 2.75) is 25.9 Å². The SMILES string of the molecule is Cc1[nH]c2ccccc2c1C(c1ccccn1)N1CCN(C(c2ccccn2)c2c(C)[nH]c3ccccc23)CC1. The number of piperazine rings is 1. The maximum atomic E-state index is 4.86. The molecule has 0 aliphatic carbocycles. The van der Waals surface area contributed by atoms with E-state index in [1.807, 2.05) is 24.5 Å². The van der Waals surface area contributed by atoms with Crippen molar-refractivity contribution in [2.75, 3.05) is 26.2 Å². The molecule has 2 unspecified atom stereocenters. The van der Waals surface area contributed by atoms with Crippen molar-refractivity contribution < 1.29 is 0 Å². The molecule has 6 aromatic rings. The van der Waals surface area contributed by atoms with Crippen LogP contribution < -0.4 is 0 Å². The first kappa shape index (κ1) is 24.8. The molecular formula is C34H34N6. The fraction of sp³-hybridized carbons (Fsp3) is 0.235. The summed E-state index contributed by atoms with van der Waals surface area (Å²) in [5.74, 6) is 0. The number of nitrogens with zero attached hydrogens (tertiary/aromatic N) is 4. The number of aromatic nitrogens is 4. The lowest BCUT2D eigenvalue weighted by Gasteiger charge is -2.42. The highest BCUT2D eigenvalue weighted by molar-refractivity contribution is 5.86. The molecule has 0 spiro atoms. The van der Waals surface area contributed by atoms with Gasteiger partial charge >= 0.3 is 0 Å². The van der Waals surface area contributed by atoms with Gasteiger partial charge in [-0.1, -0.05) is 48.5 Å². The molecule has 0 bridgehead atoms. The number of aryl methyl sites for hydroxylation is 2. The maximum absolute atomic E-state index is 4.86. The fourth-order valence-electron chi connectivity index (χ4n) is 6.67. The summed E-state index contributed by atoms with van der Waals surface area (Å²) in [6.45, 7) is 8.13. The number of para-hydroxylation sites is 2. The Morgan fingerprint density at radius 1 is 0.550 bits per heavy atom. The molecule has 0 saturated carbocycles. The lowest BCUT2D eigenvalue weighted by molar-refractivity contribution is 0.0880. The van der Waals surface area contributed by atoms with Crippen LogP contribution in [0.2, 0.25) is 0 Å². The van der Waals surface area contributed by atoms with Crippen molar-refractivity contribution in [3.8, 4) is 0 Å². The number of benzene rings is 2. The molecule has 1 fully saturated rings. The molecule has 0 amide bonds. The van der Waals surface area contributed by atoms with Crippen molar-refractivity contribution in [1.29, 1.82) is 0 Å². The van der Waals surface area contributed by atoms with Crippen LogP contribution >= 0.6 is 0 Å². The zero-order chi connectivity index (χ0) is 27.1. The zero-order valence-electron chi connectivity index (χ0n) is 23.0. The highest BCUT2D eigenvalue weighted by atomic mass is 15.3. The summed E-state index contributed by atoms with van der Waals surface area (Å²) in [4.78, 5) is 22.2. The number of fused-ring (bicyclic) bond motifs is 2. The normalized spacial score (nSPS) is 16.4. The second-order valence-corrected chi connectivity index (χ2v) is 10.8. The number of aromatic amines is 2. The smallest absolute Gasteiger partial charge is 0.0800 e. The quantitative estimate of drug-likeness (QED) is 0.258. The van der Waals surface area contributed by atoms with Crippen LogP contribution in [-0.2, 0) is 0 Å². The van der Waals surface area contributed by atoms with Crippen molar-refractivity contribution >= 4 is 21.8 Å². The van der Waals surface area contributed by atoms with Crippen LogP contribution in [0.25, 0.3) is 21.8 Å². The Morgan fingerprint density at radius 3 is 1.35 bits per heavy atom. The number of H-pyrrole nitrogens is 2. The Kier molecular flexibility index (Phi) is 6.42. The molecular weight excluding hydrogens is 492 g/mol. The first-order chi connectivity index (χ1) is 19.7. The third kappa shape index (κ3) is 4.30. The van der Waals surface area contributed by atoms with Gasteiger partial charge < -0.3 is 9.97 Å². The predicted octanol–water partition coefficient (Wildman–Crippen LogP) is 6.55. The molecule has 1 aliphatic rings. The average Bonchev–Trinajstić information content (AvgIpc) is 3.51. The van der Waals surface area contributed by atoms with E-state index in [1.54, 1.807) is 0 Å². The summed E-state index contributed by atoms with van der Waals surface area (Å²) < 4.78 is 0. The van der Waals surface area contributed by atoms with Crippen molar-refractivity contribution in [3.05, 3.63) is 131 Å². The van der Waals surface area contributed by atoms with Gasteiger partial charge in [0, 0.05) is 82.9 Å². The third-order valence-corrected chi connectivity index (χ3v) is 8.45. The van der Waals surface area contributed by atoms with Crippen LogP contribution in [0.1, 0.15) is 46.0 Å². The van der Waals surface area contributed by atoms with Crippen molar-refractivity contribution in [1.82, 2.24) is 29.7 Å². The molecule has 40 heavy (non-hydrogen) atoms. The minimum atomic E-state index is 0.0858. The molecule has 0 radical (unpaired) electrons. The molecule has 6 nitrogen and oxygen atoms in total. The summed E-state index contributed by atoms with van der Waals surface area (Å²) in [5.41, 5.74) is 9.63. The minimum absolute atomic E-state index is 0.0858. The van der Waals surface area contributed by atoms with Crippen molar-refractivity contribution in [3.63, 3.8) is 0 Å². The Labute approximate surface area is 234 Å². The number of pyridine rings is 2. The predicted molar refractivity (Wildman–Crippen MR) is 161 cm³/mol. The van der Waals surface area contributed by atoms with Gasteiger partial charge in [-0.2, -0.15) is 0 Å². The summed E-state index contributed by atoms with van der Waals surface area (Å²) in [6.07, 6.45) is 3.83. The molecule has 200 valence electrons. The van der Waals surface area contributed by atoms with Gasteiger partial charge in [0.25, 0.3) is 0 Å². The van der Waals surface area contributed by atoms with E-state index in [1.165, 1.54) is 44.3 Å². The number of nitrogens with one attached hydrogen (secondary N) is 2. The first-order valence-electron chi connectivity index (χ1n) is 14.1. The summed E-state index contributed by atoms with van der Waals surface area (Å²) in [5, 5.41) is 2.55. The van der Waals surface area contributed by atoms with E-state index in [9.17, 15) is 0 Å². The van der Waals surface area contributed by atoms with E-state index in [4.69, 9.17) is 9.97 Å². The van der Waals surface area contributed by atoms with Gasteiger partial charge in [0.2, 0.25) is 0 Å². The molecule has 7 rings (SSSR count). The van der Waals surface area contributed by atoms with Crippen LogP contribution in [0.4, 0.5) is 0 Å². The number of hydrogen-bond donors (Lipinski definition) is 2. The standard InChI is InChI=1S/C34H34N6/c1-23-31(25-11-3-5-13-27(25)37-23)33(29-15-7-9-17-35-29)39-19-21-40(22-20-39)34(30-16-8-10-18-36-30)32-24(2)38-28-14-6-4-12-26(28)32/h3-18,33-34,37-38H,19-22H2,1-2H3. The molecule has 1 aliphatic heterocycles. The van der Waals surface area contributed by atoms with Gasteiger partial charge in [-0.3, -0.25) is 19.8 Å². The second kappa shape index (κ2) is 10.4. The van der Waals surface area contributed by atoms with E-state index in [-0.39, 0.29) is 12.1 Å². The monoisotopic (exact) mass is 526 g/mol. The van der Waals surface area contributed by atoms with Crippen LogP contribution in [0.15, 0.2) is 97.3 Å². The fourth-order valence-corrected chi connectivity index (χ4v) is 6.67. The van der Waals surface area contributed by atoms with Gasteiger partial charge in [-0.05, 0) is 50.2 Å². The van der Waals surface area contributed by atoms with Gasteiger partial charge in [-0.15, -0.1) is 0 Å². The molecule has 4 aromatic heterocycles. The highest BCUT2D eigenvalue weighted by Gasteiger charge is 2.34. The van der Waals surface area contributed by atoms with Crippen LogP contribution in [0.3, 0.4) is 0 Å². The Hall–Kier alpha value is -4.26. The third-order valence-electron chi connectivity index (χ3n) is 8.45. The van der Waals surface area contributed by atoms with Gasteiger partial charge in [0.1, 0.15) is 0 Å². The molecule has 6 heteroatoms. The molecule has 1 saturated heterocycles. The molecule has 2 atom stereocenters. The molecule has 5 heterocycles. The van der Waals surface area contributed by atoms with Crippen LogP contribution in [0, 0.1) is 13.8 Å². The van der Waals surface area contributed by atoms with Gasteiger partial charge in [0.05, 0.1) is 23.5 Å². The second-order valence-electron chi connectivity index (χ2n) is 10.8. The van der Waals surface area contributed by atoms with Crippen LogP contribution in [0.5, 0.6) is 0 Å². The Bertz CT molecular complexity index is 1610. The van der Waals surface area contributed by atoms with E-state index >= 15 is 0 Å². The average molecular weight is 527 g/mol. The van der Waals surface area contributed by atoms with Gasteiger partial charge in [-0.25, -0.2) is 0 Å². The minimum Gasteiger partial charge on any atom is -0.358 e. The summed E-state index contributed by atoms with van der Waals surface area (Å²) >= 11 is 0. The van der Waals surface area contributed by atoms with E-state index in [2.05, 4.69) is 106 Å². The maximum Gasteiger partial charge on any atom is 0.0800 e.